The van der Waals surface area contributed by atoms with Crippen molar-refractivity contribution in [3.8, 4) is 11.9 Å². The Balaban J connectivity index is 0.000000222. The van der Waals surface area contributed by atoms with Gasteiger partial charge in [-0.25, -0.2) is 4.98 Å². The van der Waals surface area contributed by atoms with Crippen LogP contribution in [-0.2, 0) is 16.7 Å². The van der Waals surface area contributed by atoms with E-state index in [4.69, 9.17) is 14.6 Å². The fourth-order valence-corrected chi connectivity index (χ4v) is 4.43. The number of benzene rings is 1. The fraction of sp³-hybridized carbons (Fsp3) is 0.304. The number of piperidine rings is 1. The lowest BCUT2D eigenvalue weighted by atomic mass is 9.94. The summed E-state index contributed by atoms with van der Waals surface area (Å²) in [4.78, 5) is 6.32. The highest BCUT2D eigenvalue weighted by molar-refractivity contribution is 7.85. The number of thiophene rings is 1. The van der Waals surface area contributed by atoms with Crippen LogP contribution in [0.5, 0.6) is 5.88 Å². The molecule has 0 spiro atoms. The third-order valence-electron chi connectivity index (χ3n) is 4.96. The van der Waals surface area contributed by atoms with Gasteiger partial charge in [0.15, 0.2) is 0 Å². The molecule has 0 amide bonds. The summed E-state index contributed by atoms with van der Waals surface area (Å²) in [7, 11) is -4.02. The Labute approximate surface area is 192 Å². The van der Waals surface area contributed by atoms with E-state index in [-0.39, 0.29) is 4.90 Å². The minimum atomic E-state index is -4.02. The number of nitriles is 1. The maximum atomic E-state index is 10.5. The number of nitrogens with one attached hydrogen (secondary N) is 1. The van der Waals surface area contributed by atoms with Crippen LogP contribution < -0.4 is 10.1 Å². The Morgan fingerprint density at radius 1 is 1.16 bits per heavy atom. The highest BCUT2D eigenvalue weighted by atomic mass is 32.2. The number of hydrogen-bond acceptors (Lipinski definition) is 7. The van der Waals surface area contributed by atoms with E-state index in [1.54, 1.807) is 12.1 Å². The average molecular weight is 472 g/mol. The van der Waals surface area contributed by atoms with Crippen molar-refractivity contribution in [2.75, 3.05) is 13.1 Å². The second-order valence-corrected chi connectivity index (χ2v) is 9.97. The Morgan fingerprint density at radius 3 is 2.50 bits per heavy atom. The van der Waals surface area contributed by atoms with Gasteiger partial charge >= 0.3 is 0 Å². The van der Waals surface area contributed by atoms with Gasteiger partial charge in [0.05, 0.1) is 4.90 Å². The molecule has 1 aromatic carbocycles. The van der Waals surface area contributed by atoms with Crippen LogP contribution in [0.15, 0.2) is 59.5 Å². The smallest absolute Gasteiger partial charge is 0.294 e. The number of hydrogen-bond donors (Lipinski definition) is 2. The van der Waals surface area contributed by atoms with Gasteiger partial charge in [0.25, 0.3) is 10.1 Å². The van der Waals surface area contributed by atoms with Crippen LogP contribution in [0.3, 0.4) is 0 Å². The van der Waals surface area contributed by atoms with E-state index in [0.29, 0.717) is 23.3 Å². The van der Waals surface area contributed by atoms with Gasteiger partial charge in [-0.1, -0.05) is 23.8 Å². The standard InChI is InChI=1S/C16H17N3OS.C7H8O3S/c17-10-13-4-5-14(21-13)11-20-16-3-1-2-15(19-16)12-6-8-18-9-7-12;1-6-2-4-7(5-3-6)11(8,9)10/h1-5,12,18H,6-9,11H2;2-5H,1H3,(H,8,9,10). The van der Waals surface area contributed by atoms with E-state index in [1.807, 2.05) is 31.2 Å². The largest absolute Gasteiger partial charge is 0.472 e. The quantitative estimate of drug-likeness (QED) is 0.533. The lowest BCUT2D eigenvalue weighted by molar-refractivity contribution is 0.295. The number of aromatic nitrogens is 1. The van der Waals surface area contributed by atoms with Gasteiger partial charge in [0.2, 0.25) is 5.88 Å². The summed E-state index contributed by atoms with van der Waals surface area (Å²) in [6.07, 6.45) is 2.26. The minimum absolute atomic E-state index is 0.0666. The molecule has 9 heteroatoms. The van der Waals surface area contributed by atoms with Crippen molar-refractivity contribution in [1.82, 2.24) is 10.3 Å². The molecular weight excluding hydrogens is 446 g/mol. The Bertz CT molecular complexity index is 1160. The molecule has 0 unspecified atom stereocenters. The second kappa shape index (κ2) is 11.2. The molecule has 4 rings (SSSR count). The molecule has 0 aliphatic carbocycles. The van der Waals surface area contributed by atoms with Crippen molar-refractivity contribution in [2.45, 2.75) is 37.2 Å². The van der Waals surface area contributed by atoms with Gasteiger partial charge in [0.1, 0.15) is 17.6 Å². The first kappa shape index (κ1) is 23.9. The topological polar surface area (TPSA) is 112 Å². The van der Waals surface area contributed by atoms with Crippen LogP contribution in [0.1, 0.15) is 39.8 Å². The van der Waals surface area contributed by atoms with Crippen LogP contribution in [0, 0.1) is 18.3 Å². The molecule has 3 heterocycles. The summed E-state index contributed by atoms with van der Waals surface area (Å²) < 4.78 is 35.3. The van der Waals surface area contributed by atoms with Gasteiger partial charge in [-0.05, 0) is 63.2 Å². The number of ether oxygens (including phenoxy) is 1. The predicted octanol–water partition coefficient (Wildman–Crippen LogP) is 4.30. The van der Waals surface area contributed by atoms with Crippen LogP contribution in [-0.4, -0.2) is 31.0 Å². The second-order valence-electron chi connectivity index (χ2n) is 7.38. The average Bonchev–Trinajstić information content (AvgIpc) is 3.27. The van der Waals surface area contributed by atoms with Crippen molar-refractivity contribution in [2.24, 2.45) is 0 Å². The predicted molar refractivity (Wildman–Crippen MR) is 123 cm³/mol. The summed E-state index contributed by atoms with van der Waals surface area (Å²) in [6, 6.07) is 17.9. The van der Waals surface area contributed by atoms with E-state index >= 15 is 0 Å². The first-order chi connectivity index (χ1) is 15.3. The van der Waals surface area contributed by atoms with Gasteiger partial charge in [-0.2, -0.15) is 13.7 Å². The van der Waals surface area contributed by atoms with Crippen molar-refractivity contribution in [3.63, 3.8) is 0 Å². The van der Waals surface area contributed by atoms with Crippen molar-refractivity contribution < 1.29 is 17.7 Å². The fourth-order valence-electron chi connectivity index (χ4n) is 3.23. The van der Waals surface area contributed by atoms with Crippen LogP contribution in [0.4, 0.5) is 0 Å². The molecule has 168 valence electrons. The maximum Gasteiger partial charge on any atom is 0.294 e. The summed E-state index contributed by atoms with van der Waals surface area (Å²) in [5.41, 5.74) is 2.08. The normalized spacial score (nSPS) is 14.2. The molecule has 3 aromatic rings. The third kappa shape index (κ3) is 7.14. The first-order valence-corrected chi connectivity index (χ1v) is 12.4. The van der Waals surface area contributed by atoms with E-state index in [9.17, 15) is 8.42 Å². The maximum absolute atomic E-state index is 10.5. The van der Waals surface area contributed by atoms with Crippen molar-refractivity contribution in [3.05, 3.63) is 75.6 Å². The molecule has 0 bridgehead atoms. The zero-order valence-electron chi connectivity index (χ0n) is 17.7. The highest BCUT2D eigenvalue weighted by Crippen LogP contribution is 2.25. The van der Waals surface area contributed by atoms with Gasteiger partial charge in [-0.15, -0.1) is 11.3 Å². The number of nitrogens with zero attached hydrogens (tertiary/aromatic N) is 2. The first-order valence-electron chi connectivity index (χ1n) is 10.2. The molecule has 0 radical (unpaired) electrons. The summed E-state index contributed by atoms with van der Waals surface area (Å²) in [5.74, 6) is 1.19. The van der Waals surface area contributed by atoms with E-state index in [0.717, 1.165) is 42.1 Å². The molecule has 1 aliphatic heterocycles. The van der Waals surface area contributed by atoms with E-state index in [1.165, 1.54) is 23.5 Å². The summed E-state index contributed by atoms with van der Waals surface area (Å²) >= 11 is 1.46. The van der Waals surface area contributed by atoms with Gasteiger partial charge in [-0.3, -0.25) is 4.55 Å². The van der Waals surface area contributed by atoms with Crippen LogP contribution >= 0.6 is 11.3 Å². The summed E-state index contributed by atoms with van der Waals surface area (Å²) in [6.45, 7) is 4.43. The number of aryl methyl sites for hydroxylation is 1. The zero-order valence-corrected chi connectivity index (χ0v) is 19.3. The Morgan fingerprint density at radius 2 is 1.88 bits per heavy atom. The molecule has 1 aliphatic rings. The van der Waals surface area contributed by atoms with Crippen molar-refractivity contribution >= 4 is 21.5 Å². The molecule has 1 fully saturated rings. The molecule has 0 saturated carbocycles. The molecule has 7 nitrogen and oxygen atoms in total. The lowest BCUT2D eigenvalue weighted by Crippen LogP contribution is -2.27. The Hall–Kier alpha value is -2.77. The van der Waals surface area contributed by atoms with E-state index < -0.39 is 10.1 Å². The molecule has 2 aromatic heterocycles. The summed E-state index contributed by atoms with van der Waals surface area (Å²) in [5, 5.41) is 12.2. The highest BCUT2D eigenvalue weighted by Gasteiger charge is 2.16. The van der Waals surface area contributed by atoms with Crippen LogP contribution in [0.25, 0.3) is 0 Å². The van der Waals surface area contributed by atoms with Crippen LogP contribution in [0.2, 0.25) is 0 Å². The monoisotopic (exact) mass is 471 g/mol. The lowest BCUT2D eigenvalue weighted by Gasteiger charge is -2.22. The number of rotatable bonds is 5. The third-order valence-corrected chi connectivity index (χ3v) is 6.79. The van der Waals surface area contributed by atoms with E-state index in [2.05, 4.69) is 22.4 Å². The molecule has 0 atom stereocenters. The SMILES string of the molecule is Cc1ccc(S(=O)(=O)O)cc1.N#Cc1ccc(COc2cccc(C3CCNCC3)n2)s1. The van der Waals surface area contributed by atoms with Gasteiger partial charge in [0, 0.05) is 22.6 Å². The van der Waals surface area contributed by atoms with Crippen molar-refractivity contribution in [1.29, 1.82) is 5.26 Å². The van der Waals surface area contributed by atoms with Gasteiger partial charge < -0.3 is 10.1 Å². The number of pyridine rings is 1. The molecule has 2 N–H and O–H groups in total. The zero-order chi connectivity index (χ0) is 23.0. The molecular formula is C23H25N3O4S2. The Kier molecular flexibility index (Phi) is 8.36. The molecule has 1 saturated heterocycles. The molecule has 32 heavy (non-hydrogen) atoms. The minimum Gasteiger partial charge on any atom is -0.472 e.